The van der Waals surface area contributed by atoms with E-state index in [2.05, 4.69) is 20.4 Å². The third-order valence-electron chi connectivity index (χ3n) is 3.45. The zero-order valence-corrected chi connectivity index (χ0v) is 13.1. The summed E-state index contributed by atoms with van der Waals surface area (Å²) < 4.78 is 14.2. The monoisotopic (exact) mass is 325 g/mol. The number of aromatic nitrogens is 4. The third-order valence-corrected chi connectivity index (χ3v) is 3.45. The highest BCUT2D eigenvalue weighted by Crippen LogP contribution is 2.18. The Morgan fingerprint density at radius 3 is 2.54 bits per heavy atom. The van der Waals surface area contributed by atoms with E-state index in [9.17, 15) is 9.18 Å². The van der Waals surface area contributed by atoms with Gasteiger partial charge in [0.1, 0.15) is 5.82 Å². The highest BCUT2D eigenvalue weighted by molar-refractivity contribution is 5.81. The lowest BCUT2D eigenvalue weighted by atomic mass is 10.2. The maximum Gasteiger partial charge on any atom is 0.249 e. The van der Waals surface area contributed by atoms with Crippen LogP contribution in [0, 0.1) is 5.82 Å². The van der Waals surface area contributed by atoms with E-state index < -0.39 is 0 Å². The first-order chi connectivity index (χ1) is 11.7. The van der Waals surface area contributed by atoms with Crippen LogP contribution in [0.25, 0.3) is 11.4 Å². The lowest BCUT2D eigenvalue weighted by Gasteiger charge is -2.06. The summed E-state index contributed by atoms with van der Waals surface area (Å²) in [5, 5.41) is 7.37. The average Bonchev–Trinajstić information content (AvgIpc) is 3.05. The molecule has 0 aliphatic heterocycles. The van der Waals surface area contributed by atoms with Crippen molar-refractivity contribution >= 4 is 11.9 Å². The molecule has 0 aliphatic rings. The number of nitrogens with zero attached hydrogens (tertiary/aromatic N) is 4. The quantitative estimate of drug-likeness (QED) is 0.780. The van der Waals surface area contributed by atoms with Crippen LogP contribution in [0.4, 0.5) is 10.3 Å². The number of hydrogen-bond acceptors (Lipinski definition) is 5. The minimum atomic E-state index is -0.289. The van der Waals surface area contributed by atoms with Crippen LogP contribution >= 0.6 is 0 Å². The van der Waals surface area contributed by atoms with E-state index in [-0.39, 0.29) is 11.7 Å². The number of nitrogens with one attached hydrogen (secondary N) is 1. The number of benzene rings is 1. The van der Waals surface area contributed by atoms with Crippen LogP contribution in [0.15, 0.2) is 48.8 Å². The van der Waals surface area contributed by atoms with Gasteiger partial charge in [0, 0.05) is 30.9 Å². The van der Waals surface area contributed by atoms with Crippen molar-refractivity contribution in [3.05, 3.63) is 60.2 Å². The topological polar surface area (TPSA) is 72.7 Å². The first-order valence-corrected chi connectivity index (χ1v) is 7.56. The summed E-state index contributed by atoms with van der Waals surface area (Å²) in [6.45, 7) is 2.17. The molecule has 0 bridgehead atoms. The summed E-state index contributed by atoms with van der Waals surface area (Å²) in [5.41, 5.74) is 1.65. The fourth-order valence-corrected chi connectivity index (χ4v) is 2.16. The van der Waals surface area contributed by atoms with Crippen molar-refractivity contribution in [3.63, 3.8) is 0 Å². The van der Waals surface area contributed by atoms with Crippen molar-refractivity contribution in [1.82, 2.24) is 19.7 Å². The van der Waals surface area contributed by atoms with E-state index in [1.165, 1.54) is 16.8 Å². The van der Waals surface area contributed by atoms with Gasteiger partial charge in [-0.15, -0.1) is 5.10 Å². The second kappa shape index (κ2) is 6.99. The second-order valence-corrected chi connectivity index (χ2v) is 5.13. The molecule has 6 nitrogen and oxygen atoms in total. The van der Waals surface area contributed by atoms with E-state index in [0.29, 0.717) is 24.7 Å². The second-order valence-electron chi connectivity index (χ2n) is 5.13. The van der Waals surface area contributed by atoms with E-state index in [4.69, 9.17) is 0 Å². The van der Waals surface area contributed by atoms with Crippen molar-refractivity contribution in [2.45, 2.75) is 19.9 Å². The molecule has 0 atom stereocenters. The predicted molar refractivity (Wildman–Crippen MR) is 87.9 cm³/mol. The Hall–Kier alpha value is -3.09. The zero-order valence-electron chi connectivity index (χ0n) is 13.1. The summed E-state index contributed by atoms with van der Waals surface area (Å²) in [7, 11) is 0. The minimum absolute atomic E-state index is 0.163. The van der Waals surface area contributed by atoms with Crippen molar-refractivity contribution in [2.24, 2.45) is 0 Å². The van der Waals surface area contributed by atoms with E-state index in [1.807, 2.05) is 0 Å². The van der Waals surface area contributed by atoms with Gasteiger partial charge in [0.25, 0.3) is 0 Å². The third kappa shape index (κ3) is 3.45. The summed E-state index contributed by atoms with van der Waals surface area (Å²) in [6, 6.07) is 9.69. The Morgan fingerprint density at radius 1 is 1.17 bits per heavy atom. The van der Waals surface area contributed by atoms with Gasteiger partial charge < -0.3 is 5.32 Å². The summed E-state index contributed by atoms with van der Waals surface area (Å²) >= 11 is 0. The number of hydrogen-bond donors (Lipinski definition) is 1. The molecule has 0 spiro atoms. The Bertz CT molecular complexity index is 830. The highest BCUT2D eigenvalue weighted by atomic mass is 19.1. The molecule has 0 fully saturated rings. The van der Waals surface area contributed by atoms with Gasteiger partial charge >= 0.3 is 0 Å². The number of carbonyl (C=O) groups is 1. The van der Waals surface area contributed by atoms with Crippen molar-refractivity contribution < 1.29 is 9.18 Å². The van der Waals surface area contributed by atoms with Crippen LogP contribution in [0.5, 0.6) is 0 Å². The molecule has 1 N–H and O–H groups in total. The van der Waals surface area contributed by atoms with E-state index >= 15 is 0 Å². The molecule has 0 amide bonds. The Kier molecular flexibility index (Phi) is 4.60. The summed E-state index contributed by atoms with van der Waals surface area (Å²) in [5.74, 6) is 0.353. The smallest absolute Gasteiger partial charge is 0.249 e. The molecule has 24 heavy (non-hydrogen) atoms. The van der Waals surface area contributed by atoms with Gasteiger partial charge in [-0.3, -0.25) is 9.78 Å². The van der Waals surface area contributed by atoms with Gasteiger partial charge in [0.15, 0.2) is 5.82 Å². The van der Waals surface area contributed by atoms with Gasteiger partial charge in [-0.05, 0) is 29.8 Å². The molecule has 0 aliphatic carbocycles. The number of pyridine rings is 1. The molecule has 7 heteroatoms. The molecule has 0 radical (unpaired) electrons. The van der Waals surface area contributed by atoms with Crippen LogP contribution < -0.4 is 5.32 Å². The van der Waals surface area contributed by atoms with E-state index in [1.54, 1.807) is 43.6 Å². The Labute approximate surface area is 138 Å². The zero-order chi connectivity index (χ0) is 16.9. The van der Waals surface area contributed by atoms with Gasteiger partial charge in [0.05, 0.1) is 0 Å². The molecule has 122 valence electrons. The Morgan fingerprint density at radius 2 is 1.88 bits per heavy atom. The summed E-state index contributed by atoms with van der Waals surface area (Å²) in [4.78, 5) is 20.5. The van der Waals surface area contributed by atoms with Crippen LogP contribution in [0.3, 0.4) is 0 Å². The molecule has 3 rings (SSSR count). The maximum absolute atomic E-state index is 13.0. The first-order valence-electron chi connectivity index (χ1n) is 7.56. The fraction of sp³-hybridized carbons (Fsp3) is 0.176. The van der Waals surface area contributed by atoms with Crippen LogP contribution in [-0.2, 0) is 6.54 Å². The van der Waals surface area contributed by atoms with Crippen molar-refractivity contribution in [2.75, 3.05) is 5.32 Å². The summed E-state index contributed by atoms with van der Waals surface area (Å²) in [6.07, 6.45) is 3.59. The molecular formula is C17H16FN5O. The molecule has 0 saturated heterocycles. The predicted octanol–water partition coefficient (Wildman–Crippen LogP) is 3.14. The number of halogens is 1. The van der Waals surface area contributed by atoms with Gasteiger partial charge in [-0.1, -0.05) is 19.1 Å². The fourth-order valence-electron chi connectivity index (χ4n) is 2.16. The Balaban J connectivity index is 1.86. The highest BCUT2D eigenvalue weighted by Gasteiger charge is 2.15. The molecule has 0 saturated carbocycles. The van der Waals surface area contributed by atoms with Crippen LogP contribution in [0.1, 0.15) is 23.7 Å². The maximum atomic E-state index is 13.0. The minimum Gasteiger partial charge on any atom is -0.350 e. The first kappa shape index (κ1) is 15.8. The molecule has 3 aromatic rings. The molecule has 2 heterocycles. The number of carbonyl (C=O) groups excluding carboxylic acids is 1. The van der Waals surface area contributed by atoms with Crippen LogP contribution in [-0.4, -0.2) is 25.7 Å². The SMILES string of the molecule is CCC(=O)n1nc(-c2ccncc2)nc1NCc1ccc(F)cc1. The molecular weight excluding hydrogens is 309 g/mol. The normalized spacial score (nSPS) is 10.6. The lowest BCUT2D eigenvalue weighted by molar-refractivity contribution is 0.0895. The van der Waals surface area contributed by atoms with E-state index in [0.717, 1.165) is 11.1 Å². The van der Waals surface area contributed by atoms with Gasteiger partial charge in [0.2, 0.25) is 11.9 Å². The lowest BCUT2D eigenvalue weighted by Crippen LogP contribution is -2.15. The van der Waals surface area contributed by atoms with Crippen molar-refractivity contribution in [3.8, 4) is 11.4 Å². The number of rotatable bonds is 5. The number of anilines is 1. The largest absolute Gasteiger partial charge is 0.350 e. The van der Waals surface area contributed by atoms with Crippen LogP contribution in [0.2, 0.25) is 0 Å². The average molecular weight is 325 g/mol. The molecule has 0 unspecified atom stereocenters. The standard InChI is InChI=1S/C17H16FN5O/c1-2-15(24)23-17(20-11-12-3-5-14(18)6-4-12)21-16(22-23)13-7-9-19-10-8-13/h3-10H,2,11H2,1H3,(H,20,21,22). The van der Waals surface area contributed by atoms with Crippen molar-refractivity contribution in [1.29, 1.82) is 0 Å². The van der Waals surface area contributed by atoms with Gasteiger partial charge in [-0.2, -0.15) is 9.67 Å². The molecule has 1 aromatic carbocycles. The van der Waals surface area contributed by atoms with Gasteiger partial charge in [-0.25, -0.2) is 4.39 Å². The molecule has 2 aromatic heterocycles.